The van der Waals surface area contributed by atoms with Crippen LogP contribution in [0.15, 0.2) is 53.9 Å². The molecule has 2 aromatic heterocycles. The molecule has 1 amide bonds. The fourth-order valence-corrected chi connectivity index (χ4v) is 4.19. The number of benzene rings is 1. The Bertz CT molecular complexity index is 925. The Hall–Kier alpha value is -2.67. The van der Waals surface area contributed by atoms with Crippen LogP contribution in [-0.4, -0.2) is 30.9 Å². The summed E-state index contributed by atoms with van der Waals surface area (Å²) in [7, 11) is 0. The van der Waals surface area contributed by atoms with Crippen molar-refractivity contribution in [3.8, 4) is 11.4 Å². The summed E-state index contributed by atoms with van der Waals surface area (Å²) in [6, 6.07) is 11.8. The molecule has 3 aromatic rings. The van der Waals surface area contributed by atoms with Gasteiger partial charge in [0.25, 0.3) is 0 Å². The van der Waals surface area contributed by atoms with E-state index in [0.717, 1.165) is 41.6 Å². The number of pyridine rings is 1. The molecular weight excluding hydrogens is 346 g/mol. The molecule has 4 rings (SSSR count). The minimum Gasteiger partial charge on any atom is -0.325 e. The van der Waals surface area contributed by atoms with Crippen LogP contribution >= 0.6 is 11.8 Å². The third-order valence-corrected chi connectivity index (χ3v) is 5.71. The van der Waals surface area contributed by atoms with Gasteiger partial charge in [0.15, 0.2) is 11.0 Å². The topological polar surface area (TPSA) is 72.7 Å². The monoisotopic (exact) mass is 365 g/mol. The van der Waals surface area contributed by atoms with Gasteiger partial charge in [0.05, 0.1) is 5.25 Å². The third kappa shape index (κ3) is 3.22. The Labute approximate surface area is 156 Å². The highest BCUT2D eigenvalue weighted by atomic mass is 32.2. The second-order valence-corrected chi connectivity index (χ2v) is 7.25. The second kappa shape index (κ2) is 7.29. The predicted octanol–water partition coefficient (Wildman–Crippen LogP) is 3.41. The molecule has 0 spiro atoms. The Morgan fingerprint density at radius 2 is 2.00 bits per heavy atom. The van der Waals surface area contributed by atoms with Crippen LogP contribution in [0.3, 0.4) is 0 Å². The van der Waals surface area contributed by atoms with E-state index in [1.165, 1.54) is 17.3 Å². The first kappa shape index (κ1) is 16.8. The average Bonchev–Trinajstić information content (AvgIpc) is 3.01. The fraction of sp³-hybridized carbons (Fsp3) is 0.263. The molecule has 1 aliphatic rings. The zero-order valence-corrected chi connectivity index (χ0v) is 15.2. The molecule has 0 saturated carbocycles. The molecule has 1 atom stereocenters. The fourth-order valence-electron chi connectivity index (χ4n) is 3.11. The highest BCUT2D eigenvalue weighted by Crippen LogP contribution is 2.32. The molecule has 7 heteroatoms. The molecule has 0 radical (unpaired) electrons. The summed E-state index contributed by atoms with van der Waals surface area (Å²) in [4.78, 5) is 16.7. The Balaban J connectivity index is 1.58. The minimum absolute atomic E-state index is 0.0241. The lowest BCUT2D eigenvalue weighted by Gasteiger charge is -2.13. The number of para-hydroxylation sites is 1. The molecule has 1 aromatic carbocycles. The second-order valence-electron chi connectivity index (χ2n) is 6.08. The predicted molar refractivity (Wildman–Crippen MR) is 102 cm³/mol. The lowest BCUT2D eigenvalue weighted by molar-refractivity contribution is -0.115. The Morgan fingerprint density at radius 3 is 2.81 bits per heavy atom. The van der Waals surface area contributed by atoms with Crippen molar-refractivity contribution >= 4 is 23.4 Å². The molecule has 0 bridgehead atoms. The number of nitrogens with one attached hydrogen (secondary N) is 1. The molecule has 1 unspecified atom stereocenters. The normalized spacial score (nSPS) is 16.7. The van der Waals surface area contributed by atoms with E-state index in [-0.39, 0.29) is 11.2 Å². The summed E-state index contributed by atoms with van der Waals surface area (Å²) < 4.78 is 2.05. The molecule has 132 valence electrons. The van der Waals surface area contributed by atoms with E-state index in [9.17, 15) is 4.79 Å². The number of thioether (sulfide) groups is 1. The van der Waals surface area contributed by atoms with E-state index in [1.54, 1.807) is 12.4 Å². The van der Waals surface area contributed by atoms with E-state index in [1.807, 2.05) is 34.9 Å². The zero-order chi connectivity index (χ0) is 17.9. The van der Waals surface area contributed by atoms with Gasteiger partial charge in [-0.15, -0.1) is 10.2 Å². The number of hydrogen-bond acceptors (Lipinski definition) is 5. The third-order valence-electron chi connectivity index (χ3n) is 4.46. The zero-order valence-electron chi connectivity index (χ0n) is 14.4. The van der Waals surface area contributed by atoms with Crippen molar-refractivity contribution in [1.82, 2.24) is 19.7 Å². The number of hydrogen-bond donors (Lipinski definition) is 1. The van der Waals surface area contributed by atoms with Crippen molar-refractivity contribution in [1.29, 1.82) is 0 Å². The highest BCUT2D eigenvalue weighted by molar-refractivity contribution is 8.00. The van der Waals surface area contributed by atoms with Gasteiger partial charge < -0.3 is 9.88 Å². The number of carbonyl (C=O) groups excluding carboxylic acids is 1. The number of nitrogens with zero attached hydrogens (tertiary/aromatic N) is 4. The van der Waals surface area contributed by atoms with E-state index < -0.39 is 0 Å². The van der Waals surface area contributed by atoms with Crippen LogP contribution in [0.4, 0.5) is 5.69 Å². The number of aromatic nitrogens is 4. The van der Waals surface area contributed by atoms with Crippen LogP contribution in [-0.2, 0) is 17.8 Å². The maximum absolute atomic E-state index is 12.7. The van der Waals surface area contributed by atoms with Gasteiger partial charge in [-0.05, 0) is 43.5 Å². The Kier molecular flexibility index (Phi) is 4.71. The van der Waals surface area contributed by atoms with Gasteiger partial charge in [0.2, 0.25) is 5.91 Å². The Morgan fingerprint density at radius 1 is 1.19 bits per heavy atom. The molecule has 26 heavy (non-hydrogen) atoms. The molecule has 0 saturated heterocycles. The van der Waals surface area contributed by atoms with Crippen molar-refractivity contribution < 1.29 is 4.79 Å². The summed E-state index contributed by atoms with van der Waals surface area (Å²) >= 11 is 1.48. The van der Waals surface area contributed by atoms with E-state index >= 15 is 0 Å². The summed E-state index contributed by atoms with van der Waals surface area (Å²) in [6.07, 6.45) is 5.12. The van der Waals surface area contributed by atoms with Crippen LogP contribution in [0.2, 0.25) is 0 Å². The number of carbonyl (C=O) groups is 1. The first-order chi connectivity index (χ1) is 12.8. The summed E-state index contributed by atoms with van der Waals surface area (Å²) in [5.41, 5.74) is 3.06. The van der Waals surface area contributed by atoms with E-state index in [0.29, 0.717) is 0 Å². The smallest absolute Gasteiger partial charge is 0.237 e. The van der Waals surface area contributed by atoms with Gasteiger partial charge in [0, 0.05) is 30.2 Å². The number of fused-ring (bicyclic) bond motifs is 1. The molecule has 1 N–H and O–H groups in total. The number of aryl methyl sites for hydroxylation is 1. The first-order valence-electron chi connectivity index (χ1n) is 8.65. The summed E-state index contributed by atoms with van der Waals surface area (Å²) in [5, 5.41) is 12.3. The lowest BCUT2D eigenvalue weighted by atomic mass is 10.1. The SMILES string of the molecule is CCn1c(SC2CCc3ccccc3NC2=O)nnc1-c1ccncc1. The summed E-state index contributed by atoms with van der Waals surface area (Å²) in [6.45, 7) is 2.79. The highest BCUT2D eigenvalue weighted by Gasteiger charge is 2.27. The van der Waals surface area contributed by atoms with Crippen molar-refractivity contribution in [3.05, 3.63) is 54.4 Å². The van der Waals surface area contributed by atoms with Gasteiger partial charge in [-0.3, -0.25) is 9.78 Å². The van der Waals surface area contributed by atoms with E-state index in [2.05, 4.69) is 33.5 Å². The van der Waals surface area contributed by atoms with Gasteiger partial charge in [0.1, 0.15) is 0 Å². The number of amides is 1. The molecular formula is C19H19N5OS. The number of anilines is 1. The van der Waals surface area contributed by atoms with Crippen molar-refractivity contribution in [3.63, 3.8) is 0 Å². The largest absolute Gasteiger partial charge is 0.325 e. The van der Waals surface area contributed by atoms with Crippen molar-refractivity contribution in [2.45, 2.75) is 36.7 Å². The maximum atomic E-state index is 12.7. The molecule has 3 heterocycles. The van der Waals surface area contributed by atoms with Gasteiger partial charge in [-0.25, -0.2) is 0 Å². The van der Waals surface area contributed by atoms with Crippen LogP contribution in [0.25, 0.3) is 11.4 Å². The van der Waals surface area contributed by atoms with Crippen LogP contribution in [0.1, 0.15) is 18.9 Å². The average molecular weight is 365 g/mol. The van der Waals surface area contributed by atoms with Gasteiger partial charge >= 0.3 is 0 Å². The molecule has 1 aliphatic heterocycles. The number of rotatable bonds is 4. The van der Waals surface area contributed by atoms with E-state index in [4.69, 9.17) is 0 Å². The quantitative estimate of drug-likeness (QED) is 0.767. The van der Waals surface area contributed by atoms with Crippen molar-refractivity contribution in [2.24, 2.45) is 0 Å². The minimum atomic E-state index is -0.192. The maximum Gasteiger partial charge on any atom is 0.237 e. The molecule has 0 aliphatic carbocycles. The van der Waals surface area contributed by atoms with Crippen LogP contribution in [0.5, 0.6) is 0 Å². The van der Waals surface area contributed by atoms with Crippen LogP contribution < -0.4 is 5.32 Å². The standard InChI is InChI=1S/C19H19N5OS/c1-2-24-17(14-9-11-20-12-10-14)22-23-19(24)26-16-8-7-13-5-3-4-6-15(13)21-18(16)25/h3-6,9-12,16H,2,7-8H2,1H3,(H,21,25). The van der Waals surface area contributed by atoms with Gasteiger partial charge in [-0.2, -0.15) is 0 Å². The summed E-state index contributed by atoms with van der Waals surface area (Å²) in [5.74, 6) is 0.825. The molecule has 6 nitrogen and oxygen atoms in total. The first-order valence-corrected chi connectivity index (χ1v) is 9.53. The van der Waals surface area contributed by atoms with Gasteiger partial charge in [-0.1, -0.05) is 30.0 Å². The van der Waals surface area contributed by atoms with Crippen LogP contribution in [0, 0.1) is 0 Å². The lowest BCUT2D eigenvalue weighted by Crippen LogP contribution is -2.24. The molecule has 0 fully saturated rings. The van der Waals surface area contributed by atoms with Crippen molar-refractivity contribution in [2.75, 3.05) is 5.32 Å².